The van der Waals surface area contributed by atoms with E-state index in [4.69, 9.17) is 11.6 Å². The van der Waals surface area contributed by atoms with Crippen LogP contribution in [0, 0.1) is 6.92 Å². The van der Waals surface area contributed by atoms with Crippen molar-refractivity contribution in [3.05, 3.63) is 64.7 Å². The van der Waals surface area contributed by atoms with Gasteiger partial charge in [-0.25, -0.2) is 4.79 Å². The molecule has 0 aliphatic carbocycles. The molecule has 4 nitrogen and oxygen atoms in total. The molecule has 1 heterocycles. The summed E-state index contributed by atoms with van der Waals surface area (Å²) in [6, 6.07) is 15.9. The molecule has 0 bridgehead atoms. The molecule has 0 unspecified atom stereocenters. The minimum absolute atomic E-state index is 0.0117. The molecule has 1 aliphatic heterocycles. The van der Waals surface area contributed by atoms with Crippen molar-refractivity contribution >= 4 is 23.3 Å². The van der Waals surface area contributed by atoms with E-state index in [1.165, 1.54) is 10.5 Å². The maximum Gasteiger partial charge on any atom is 0.322 e. The van der Waals surface area contributed by atoms with Gasteiger partial charge in [-0.15, -0.1) is 0 Å². The summed E-state index contributed by atoms with van der Waals surface area (Å²) >= 11 is 6.04. The number of nitrogens with zero attached hydrogens (tertiary/aromatic N) is 1. The summed E-state index contributed by atoms with van der Waals surface area (Å²) in [6.45, 7) is 6.42. The van der Waals surface area contributed by atoms with Crippen LogP contribution in [0.25, 0.3) is 0 Å². The van der Waals surface area contributed by atoms with Crippen LogP contribution in [-0.2, 0) is 6.54 Å². The van der Waals surface area contributed by atoms with E-state index < -0.39 is 0 Å². The number of piperazine rings is 1. The number of urea groups is 1. The van der Waals surface area contributed by atoms with E-state index in [1.54, 1.807) is 0 Å². The van der Waals surface area contributed by atoms with E-state index in [0.717, 1.165) is 49.0 Å². The second-order valence-corrected chi connectivity index (χ2v) is 6.78. The van der Waals surface area contributed by atoms with Crippen molar-refractivity contribution in [1.82, 2.24) is 4.90 Å². The highest BCUT2D eigenvalue weighted by Crippen LogP contribution is 2.11. The molecule has 2 aromatic rings. The van der Waals surface area contributed by atoms with Gasteiger partial charge in [-0.3, -0.25) is 0 Å². The third-order valence-electron chi connectivity index (χ3n) is 4.37. The summed E-state index contributed by atoms with van der Waals surface area (Å²) in [5.74, 6) is 0. The van der Waals surface area contributed by atoms with Gasteiger partial charge in [-0.05, 0) is 36.8 Å². The Labute approximate surface area is 148 Å². The lowest BCUT2D eigenvalue weighted by molar-refractivity contribution is -0.917. The second kappa shape index (κ2) is 7.69. The molecule has 3 rings (SSSR count). The number of benzene rings is 2. The number of carbonyl (C=O) groups excluding carboxylic acids is 1. The van der Waals surface area contributed by atoms with Crippen LogP contribution in [0.2, 0.25) is 5.02 Å². The molecular weight excluding hydrogens is 322 g/mol. The van der Waals surface area contributed by atoms with Crippen LogP contribution in [-0.4, -0.2) is 37.1 Å². The topological polar surface area (TPSA) is 36.8 Å². The molecule has 0 saturated carbocycles. The number of hydrogen-bond donors (Lipinski definition) is 2. The molecule has 1 aliphatic rings. The SMILES string of the molecule is Cc1cccc(NC(=O)N2CC[NH+](Cc3cccc(Cl)c3)CC2)c1. The van der Waals surface area contributed by atoms with E-state index in [0.29, 0.717) is 0 Å². The van der Waals surface area contributed by atoms with Crippen molar-refractivity contribution in [2.45, 2.75) is 13.5 Å². The maximum atomic E-state index is 12.4. The van der Waals surface area contributed by atoms with E-state index in [-0.39, 0.29) is 6.03 Å². The zero-order valence-electron chi connectivity index (χ0n) is 13.9. The van der Waals surface area contributed by atoms with Gasteiger partial charge >= 0.3 is 6.03 Å². The number of nitrogens with one attached hydrogen (secondary N) is 2. The summed E-state index contributed by atoms with van der Waals surface area (Å²) in [5.41, 5.74) is 3.24. The number of halogens is 1. The van der Waals surface area contributed by atoms with Gasteiger partial charge < -0.3 is 15.1 Å². The molecule has 1 saturated heterocycles. The first-order valence-corrected chi connectivity index (χ1v) is 8.68. The highest BCUT2D eigenvalue weighted by atomic mass is 35.5. The van der Waals surface area contributed by atoms with E-state index in [9.17, 15) is 4.79 Å². The quantitative estimate of drug-likeness (QED) is 0.882. The molecule has 0 atom stereocenters. The van der Waals surface area contributed by atoms with Crippen LogP contribution in [0.5, 0.6) is 0 Å². The Hall–Kier alpha value is -2.04. The first-order valence-electron chi connectivity index (χ1n) is 8.31. The zero-order valence-corrected chi connectivity index (χ0v) is 14.6. The second-order valence-electron chi connectivity index (χ2n) is 6.34. The lowest BCUT2D eigenvalue weighted by Crippen LogP contribution is -3.13. The van der Waals surface area contributed by atoms with Crippen molar-refractivity contribution in [1.29, 1.82) is 0 Å². The fraction of sp³-hybridized carbons (Fsp3) is 0.316. The minimum Gasteiger partial charge on any atom is -0.328 e. The largest absolute Gasteiger partial charge is 0.328 e. The normalized spacial score (nSPS) is 15.3. The van der Waals surface area contributed by atoms with Crippen LogP contribution in [0.3, 0.4) is 0 Å². The van der Waals surface area contributed by atoms with Gasteiger partial charge in [0.15, 0.2) is 0 Å². The average molecular weight is 345 g/mol. The standard InChI is InChI=1S/C19H22ClN3O/c1-15-4-2-7-18(12-15)21-19(24)23-10-8-22(9-11-23)14-16-5-3-6-17(20)13-16/h2-7,12-13H,8-11,14H2,1H3,(H,21,24)/p+1. The van der Waals surface area contributed by atoms with Gasteiger partial charge in [0.2, 0.25) is 0 Å². The zero-order chi connectivity index (χ0) is 16.9. The van der Waals surface area contributed by atoms with Crippen LogP contribution >= 0.6 is 11.6 Å². The summed E-state index contributed by atoms with van der Waals surface area (Å²) in [4.78, 5) is 15.8. The highest BCUT2D eigenvalue weighted by Gasteiger charge is 2.23. The third-order valence-corrected chi connectivity index (χ3v) is 4.61. The Morgan fingerprint density at radius 2 is 1.92 bits per heavy atom. The predicted molar refractivity (Wildman–Crippen MR) is 97.6 cm³/mol. The van der Waals surface area contributed by atoms with Crippen LogP contribution < -0.4 is 10.2 Å². The first-order chi connectivity index (χ1) is 11.6. The molecule has 5 heteroatoms. The Kier molecular flexibility index (Phi) is 5.38. The first kappa shape index (κ1) is 16.8. The lowest BCUT2D eigenvalue weighted by atomic mass is 10.2. The van der Waals surface area contributed by atoms with Crippen molar-refractivity contribution in [3.63, 3.8) is 0 Å². The Morgan fingerprint density at radius 1 is 1.17 bits per heavy atom. The van der Waals surface area contributed by atoms with Gasteiger partial charge in [0.1, 0.15) is 6.54 Å². The fourth-order valence-electron chi connectivity index (χ4n) is 3.06. The monoisotopic (exact) mass is 344 g/mol. The number of amides is 2. The van der Waals surface area contributed by atoms with Crippen molar-refractivity contribution in [2.75, 3.05) is 31.5 Å². The smallest absolute Gasteiger partial charge is 0.322 e. The maximum absolute atomic E-state index is 12.4. The number of hydrogen-bond acceptors (Lipinski definition) is 1. The van der Waals surface area contributed by atoms with Gasteiger partial charge in [0.25, 0.3) is 0 Å². The molecule has 1 fully saturated rings. The third kappa shape index (κ3) is 4.49. The molecule has 126 valence electrons. The number of rotatable bonds is 3. The van der Waals surface area contributed by atoms with Gasteiger partial charge in [0, 0.05) is 16.3 Å². The summed E-state index contributed by atoms with van der Waals surface area (Å²) in [5, 5.41) is 3.77. The number of quaternary nitrogens is 1. The van der Waals surface area contributed by atoms with Gasteiger partial charge in [-0.1, -0.05) is 35.9 Å². The number of anilines is 1. The molecule has 0 spiro atoms. The Balaban J connectivity index is 1.50. The van der Waals surface area contributed by atoms with Crippen molar-refractivity contribution < 1.29 is 9.69 Å². The van der Waals surface area contributed by atoms with Crippen LogP contribution in [0.4, 0.5) is 10.5 Å². The summed E-state index contributed by atoms with van der Waals surface area (Å²) < 4.78 is 0. The van der Waals surface area contributed by atoms with Gasteiger partial charge in [0.05, 0.1) is 26.2 Å². The van der Waals surface area contributed by atoms with Crippen molar-refractivity contribution in [3.8, 4) is 0 Å². The summed E-state index contributed by atoms with van der Waals surface area (Å²) in [6.07, 6.45) is 0. The molecule has 0 radical (unpaired) electrons. The molecule has 2 N–H and O–H groups in total. The highest BCUT2D eigenvalue weighted by molar-refractivity contribution is 6.30. The molecule has 24 heavy (non-hydrogen) atoms. The molecule has 2 amide bonds. The van der Waals surface area contributed by atoms with Crippen molar-refractivity contribution in [2.24, 2.45) is 0 Å². The minimum atomic E-state index is -0.0117. The van der Waals surface area contributed by atoms with E-state index in [2.05, 4.69) is 11.4 Å². The predicted octanol–water partition coefficient (Wildman–Crippen LogP) is 2.58. The number of carbonyl (C=O) groups is 1. The average Bonchev–Trinajstić information content (AvgIpc) is 2.55. The van der Waals surface area contributed by atoms with E-state index in [1.807, 2.05) is 54.3 Å². The molecule has 0 aromatic heterocycles. The van der Waals surface area contributed by atoms with Crippen LogP contribution in [0.15, 0.2) is 48.5 Å². The lowest BCUT2D eigenvalue weighted by Gasteiger charge is -2.32. The Bertz CT molecular complexity index is 711. The number of aryl methyl sites for hydroxylation is 1. The Morgan fingerprint density at radius 3 is 2.62 bits per heavy atom. The fourth-order valence-corrected chi connectivity index (χ4v) is 3.28. The van der Waals surface area contributed by atoms with Gasteiger partial charge in [-0.2, -0.15) is 0 Å². The molecule has 2 aromatic carbocycles. The van der Waals surface area contributed by atoms with Crippen LogP contribution in [0.1, 0.15) is 11.1 Å². The summed E-state index contributed by atoms with van der Waals surface area (Å²) in [7, 11) is 0. The molecular formula is C19H23ClN3O+. The van der Waals surface area contributed by atoms with E-state index >= 15 is 0 Å².